The lowest BCUT2D eigenvalue weighted by atomic mass is 9.98. The molecular weight excluding hydrogens is 449 g/mol. The average molecular weight is 480 g/mol. The third-order valence-electron chi connectivity index (χ3n) is 6.88. The molecule has 184 valence electrons. The zero-order valence-corrected chi connectivity index (χ0v) is 20.0. The fourth-order valence-corrected chi connectivity index (χ4v) is 5.13. The smallest absolute Gasteiger partial charge is 0.236 e. The second-order valence-electron chi connectivity index (χ2n) is 9.42. The minimum absolute atomic E-state index is 0.0972. The van der Waals surface area contributed by atoms with Crippen molar-refractivity contribution in [3.8, 4) is 11.1 Å². The van der Waals surface area contributed by atoms with E-state index in [0.717, 1.165) is 57.6 Å². The van der Waals surface area contributed by atoms with Gasteiger partial charge in [0, 0.05) is 74.4 Å². The van der Waals surface area contributed by atoms with Crippen LogP contribution in [0.2, 0.25) is 0 Å². The van der Waals surface area contributed by atoms with Crippen LogP contribution in [-0.4, -0.2) is 88.9 Å². The van der Waals surface area contributed by atoms with Gasteiger partial charge in [0.25, 0.3) is 0 Å². The molecule has 2 aromatic heterocycles. The van der Waals surface area contributed by atoms with Gasteiger partial charge < -0.3 is 25.0 Å². The van der Waals surface area contributed by atoms with Crippen LogP contribution in [0.5, 0.6) is 0 Å². The third kappa shape index (κ3) is 4.42. The summed E-state index contributed by atoms with van der Waals surface area (Å²) in [4.78, 5) is 26.4. The summed E-state index contributed by atoms with van der Waals surface area (Å²) in [7, 11) is 3.65. The van der Waals surface area contributed by atoms with E-state index in [2.05, 4.69) is 25.8 Å². The van der Waals surface area contributed by atoms with Crippen molar-refractivity contribution in [2.75, 3.05) is 51.8 Å². The first-order valence-corrected chi connectivity index (χ1v) is 11.8. The fourth-order valence-electron chi connectivity index (χ4n) is 5.13. The Morgan fingerprint density at radius 2 is 2.11 bits per heavy atom. The van der Waals surface area contributed by atoms with Gasteiger partial charge in [-0.25, -0.2) is 9.37 Å². The summed E-state index contributed by atoms with van der Waals surface area (Å²) in [5.41, 5.74) is 6.77. The maximum Gasteiger partial charge on any atom is 0.236 e. The normalized spacial score (nSPS) is 16.6. The molecule has 2 aliphatic heterocycles. The van der Waals surface area contributed by atoms with Gasteiger partial charge in [0.1, 0.15) is 11.5 Å². The van der Waals surface area contributed by atoms with Crippen molar-refractivity contribution in [2.24, 2.45) is 0 Å². The Morgan fingerprint density at radius 1 is 1.29 bits per heavy atom. The molecule has 0 radical (unpaired) electrons. The number of fused-ring (bicyclic) bond motifs is 2. The van der Waals surface area contributed by atoms with Crippen molar-refractivity contribution >= 4 is 28.2 Å². The standard InChI is InChI=1S/C26H30FN5O3/c1-30-13-21-24-19(20-10-17(27)5-6-22(20)30)7-8-28-26(24)29-25(21)16-4-3-9-32(11-16)14-23(35)31(2)12-18(34)15-33/h4-8,10,18,33-34H,3,9,11-15H2,1-2H3,(H,28,29). The number of halogens is 1. The molecule has 8 nitrogen and oxygen atoms in total. The van der Waals surface area contributed by atoms with Crippen LogP contribution in [0.25, 0.3) is 27.7 Å². The summed E-state index contributed by atoms with van der Waals surface area (Å²) in [6.07, 6.45) is 3.82. The molecular formula is C26H30FN5O3. The van der Waals surface area contributed by atoms with Crippen molar-refractivity contribution in [3.63, 3.8) is 0 Å². The second-order valence-corrected chi connectivity index (χ2v) is 9.42. The maximum absolute atomic E-state index is 14.2. The summed E-state index contributed by atoms with van der Waals surface area (Å²) in [6, 6.07) is 6.84. The Balaban J connectivity index is 1.45. The number of aromatic amines is 1. The van der Waals surface area contributed by atoms with Gasteiger partial charge in [-0.1, -0.05) is 6.08 Å². The molecule has 3 N–H and O–H groups in total. The summed E-state index contributed by atoms with van der Waals surface area (Å²) < 4.78 is 14.2. The Kier molecular flexibility index (Phi) is 6.31. The Morgan fingerprint density at radius 3 is 2.91 bits per heavy atom. The number of aromatic nitrogens is 2. The number of hydrogen-bond acceptors (Lipinski definition) is 6. The highest BCUT2D eigenvalue weighted by Crippen LogP contribution is 2.43. The molecule has 1 unspecified atom stereocenters. The van der Waals surface area contributed by atoms with Crippen LogP contribution >= 0.6 is 0 Å². The monoisotopic (exact) mass is 479 g/mol. The summed E-state index contributed by atoms with van der Waals surface area (Å²) in [5, 5.41) is 19.7. The van der Waals surface area contributed by atoms with Crippen molar-refractivity contribution in [2.45, 2.75) is 19.1 Å². The molecule has 0 aliphatic carbocycles. The highest BCUT2D eigenvalue weighted by Gasteiger charge is 2.27. The number of anilines is 1. The first-order chi connectivity index (χ1) is 16.9. The predicted octanol–water partition coefficient (Wildman–Crippen LogP) is 2.22. The molecule has 0 spiro atoms. The van der Waals surface area contributed by atoms with Crippen LogP contribution in [0.15, 0.2) is 36.5 Å². The van der Waals surface area contributed by atoms with Gasteiger partial charge >= 0.3 is 0 Å². The first-order valence-electron chi connectivity index (χ1n) is 11.8. The molecule has 3 aromatic rings. The molecule has 4 heterocycles. The summed E-state index contributed by atoms with van der Waals surface area (Å²) in [5.74, 6) is -0.372. The number of nitrogens with one attached hydrogen (secondary N) is 1. The zero-order chi connectivity index (χ0) is 24.7. The second kappa shape index (κ2) is 9.41. The Labute approximate surface area is 203 Å². The van der Waals surface area contributed by atoms with E-state index in [1.807, 2.05) is 19.2 Å². The molecule has 0 fully saturated rings. The molecule has 1 amide bonds. The number of aliphatic hydroxyl groups excluding tert-OH is 2. The Hall–Kier alpha value is -3.27. The lowest BCUT2D eigenvalue weighted by Crippen LogP contribution is -2.43. The van der Waals surface area contributed by atoms with Crippen molar-refractivity contribution in [1.82, 2.24) is 19.8 Å². The van der Waals surface area contributed by atoms with E-state index in [9.17, 15) is 14.3 Å². The van der Waals surface area contributed by atoms with Gasteiger partial charge in [0.05, 0.1) is 19.3 Å². The molecule has 9 heteroatoms. The highest BCUT2D eigenvalue weighted by molar-refractivity contribution is 6.02. The predicted molar refractivity (Wildman–Crippen MR) is 133 cm³/mol. The van der Waals surface area contributed by atoms with Gasteiger partial charge in [0.15, 0.2) is 0 Å². The third-order valence-corrected chi connectivity index (χ3v) is 6.88. The number of aliphatic hydroxyl groups is 2. The molecule has 0 bridgehead atoms. The lowest BCUT2D eigenvalue weighted by Gasteiger charge is -2.29. The van der Waals surface area contributed by atoms with Crippen LogP contribution in [0.1, 0.15) is 17.7 Å². The zero-order valence-electron chi connectivity index (χ0n) is 20.0. The van der Waals surface area contributed by atoms with Gasteiger partial charge in [-0.15, -0.1) is 0 Å². The van der Waals surface area contributed by atoms with Gasteiger partial charge in [-0.2, -0.15) is 0 Å². The molecule has 1 atom stereocenters. The van der Waals surface area contributed by atoms with Crippen LogP contribution in [-0.2, 0) is 11.3 Å². The number of rotatable bonds is 6. The minimum Gasteiger partial charge on any atom is -0.394 e. The molecule has 5 rings (SSSR count). The van der Waals surface area contributed by atoms with Crippen LogP contribution in [0, 0.1) is 5.82 Å². The fraction of sp³-hybridized carbons (Fsp3) is 0.385. The number of hydrogen-bond donors (Lipinski definition) is 3. The maximum atomic E-state index is 14.2. The summed E-state index contributed by atoms with van der Waals surface area (Å²) in [6.45, 7) is 1.95. The van der Waals surface area contributed by atoms with Crippen molar-refractivity contribution in [3.05, 3.63) is 53.6 Å². The van der Waals surface area contributed by atoms with E-state index in [-0.39, 0.29) is 31.4 Å². The quantitative estimate of drug-likeness (QED) is 0.502. The van der Waals surface area contributed by atoms with E-state index < -0.39 is 6.10 Å². The lowest BCUT2D eigenvalue weighted by molar-refractivity contribution is -0.132. The van der Waals surface area contributed by atoms with Gasteiger partial charge in [-0.05, 0) is 41.8 Å². The Bertz CT molecular complexity index is 1300. The number of benzene rings is 1. The largest absolute Gasteiger partial charge is 0.394 e. The van der Waals surface area contributed by atoms with E-state index in [0.29, 0.717) is 13.1 Å². The van der Waals surface area contributed by atoms with E-state index >= 15 is 0 Å². The number of H-pyrrole nitrogens is 1. The average Bonchev–Trinajstić information content (AvgIpc) is 3.16. The molecule has 2 aliphatic rings. The number of amides is 1. The number of carbonyl (C=O) groups excluding carboxylic acids is 1. The number of nitrogens with zero attached hydrogens (tertiary/aromatic N) is 4. The van der Waals surface area contributed by atoms with E-state index in [1.54, 1.807) is 19.3 Å². The van der Waals surface area contributed by atoms with Crippen molar-refractivity contribution < 1.29 is 19.4 Å². The van der Waals surface area contributed by atoms with Crippen LogP contribution in [0.4, 0.5) is 10.1 Å². The van der Waals surface area contributed by atoms with E-state index in [1.165, 1.54) is 11.0 Å². The number of pyridine rings is 1. The van der Waals surface area contributed by atoms with Crippen molar-refractivity contribution in [1.29, 1.82) is 0 Å². The van der Waals surface area contributed by atoms with Crippen LogP contribution < -0.4 is 4.90 Å². The van der Waals surface area contributed by atoms with Gasteiger partial charge in [-0.3, -0.25) is 9.69 Å². The molecule has 1 aromatic carbocycles. The number of carbonyl (C=O) groups is 1. The minimum atomic E-state index is -0.944. The van der Waals surface area contributed by atoms with Crippen LogP contribution in [0.3, 0.4) is 0 Å². The first kappa shape index (κ1) is 23.5. The van der Waals surface area contributed by atoms with Gasteiger partial charge in [0.2, 0.25) is 5.91 Å². The van der Waals surface area contributed by atoms with E-state index in [4.69, 9.17) is 5.11 Å². The molecule has 0 saturated carbocycles. The molecule has 0 saturated heterocycles. The SMILES string of the molecule is CN(CC(O)CO)C(=O)CN1CCC=C(c2[nH]c3nccc4c3c2CN(C)c2ccc(F)cc2-4)C1. The molecule has 35 heavy (non-hydrogen) atoms. The number of likely N-dealkylation sites (N-methyl/N-ethyl adjacent to an activating group) is 1. The topological polar surface area (TPSA) is 95.9 Å². The summed E-state index contributed by atoms with van der Waals surface area (Å²) >= 11 is 0. The highest BCUT2D eigenvalue weighted by atomic mass is 19.1.